The minimum atomic E-state index is -3.99. The second-order valence-corrected chi connectivity index (χ2v) is 12.9. The fourth-order valence-electron chi connectivity index (χ4n) is 4.11. The van der Waals surface area contributed by atoms with Crippen molar-refractivity contribution in [1.29, 1.82) is 0 Å². The predicted molar refractivity (Wildman–Crippen MR) is 151 cm³/mol. The number of hydrogen-bond acceptors (Lipinski definition) is 4. The molecule has 37 heavy (non-hydrogen) atoms. The van der Waals surface area contributed by atoms with E-state index in [-0.39, 0.29) is 39.2 Å². The number of anilines is 1. The van der Waals surface area contributed by atoms with E-state index < -0.39 is 28.5 Å². The van der Waals surface area contributed by atoms with Crippen molar-refractivity contribution in [2.24, 2.45) is 0 Å². The van der Waals surface area contributed by atoms with Crippen LogP contribution in [0.5, 0.6) is 0 Å². The molecular formula is C24H26Cl5N3O4S. The summed E-state index contributed by atoms with van der Waals surface area (Å²) in [6.45, 7) is 0.895. The Labute approximate surface area is 242 Å². The van der Waals surface area contributed by atoms with E-state index in [1.165, 1.54) is 23.1 Å². The van der Waals surface area contributed by atoms with Gasteiger partial charge in [0.2, 0.25) is 21.8 Å². The van der Waals surface area contributed by atoms with Crippen LogP contribution in [-0.2, 0) is 26.2 Å². The Hall–Kier alpha value is -1.42. The second-order valence-electron chi connectivity index (χ2n) is 8.91. The number of nitrogens with one attached hydrogen (secondary N) is 1. The summed E-state index contributed by atoms with van der Waals surface area (Å²) < 4.78 is 26.3. The summed E-state index contributed by atoms with van der Waals surface area (Å²) in [5.41, 5.74) is 0.526. The highest BCUT2D eigenvalue weighted by atomic mass is 35.5. The number of hydrogen-bond donors (Lipinski definition) is 1. The number of halogens is 5. The van der Waals surface area contributed by atoms with Gasteiger partial charge in [0.15, 0.2) is 0 Å². The van der Waals surface area contributed by atoms with E-state index in [1.54, 1.807) is 19.1 Å². The fraction of sp³-hybridized carbons (Fsp3) is 0.417. The van der Waals surface area contributed by atoms with Gasteiger partial charge in [0.05, 0.1) is 27.0 Å². The lowest BCUT2D eigenvalue weighted by Gasteiger charge is -2.32. The molecule has 2 aromatic rings. The van der Waals surface area contributed by atoms with Crippen LogP contribution in [-0.4, -0.2) is 50.0 Å². The van der Waals surface area contributed by atoms with Crippen LogP contribution in [0.15, 0.2) is 30.3 Å². The molecule has 3 rings (SSSR count). The fourth-order valence-corrected chi connectivity index (χ4v) is 6.12. The highest BCUT2D eigenvalue weighted by Gasteiger charge is 2.32. The third kappa shape index (κ3) is 7.80. The number of amides is 2. The molecule has 1 aliphatic carbocycles. The third-order valence-corrected chi connectivity index (χ3v) is 8.90. The smallest absolute Gasteiger partial charge is 0.244 e. The second kappa shape index (κ2) is 12.6. The maximum absolute atomic E-state index is 13.7. The molecule has 0 unspecified atom stereocenters. The van der Waals surface area contributed by atoms with E-state index in [0.717, 1.165) is 36.2 Å². The van der Waals surface area contributed by atoms with Crippen LogP contribution >= 0.6 is 58.0 Å². The zero-order valence-corrected chi connectivity index (χ0v) is 24.7. The first-order valence-electron chi connectivity index (χ1n) is 11.4. The lowest BCUT2D eigenvalue weighted by atomic mass is 10.1. The average Bonchev–Trinajstić information content (AvgIpc) is 3.31. The molecule has 0 aromatic heterocycles. The summed E-state index contributed by atoms with van der Waals surface area (Å²) in [5.74, 6) is -0.989. The molecule has 0 bridgehead atoms. The van der Waals surface area contributed by atoms with E-state index in [9.17, 15) is 18.0 Å². The predicted octanol–water partition coefficient (Wildman–Crippen LogP) is 6.20. The quantitative estimate of drug-likeness (QED) is 0.335. The van der Waals surface area contributed by atoms with E-state index in [4.69, 9.17) is 58.0 Å². The molecule has 1 saturated carbocycles. The SMILES string of the molecule is C[C@H](C(=O)NC1CCCC1)N(Cc1ccc(Cl)cc1Cl)C(=O)CN(c1cc(Cl)c(Cl)cc1Cl)S(C)(=O)=O. The van der Waals surface area contributed by atoms with Crippen LogP contribution in [0.2, 0.25) is 25.1 Å². The van der Waals surface area contributed by atoms with Gasteiger partial charge >= 0.3 is 0 Å². The number of carbonyl (C=O) groups is 2. The monoisotopic (exact) mass is 627 g/mol. The van der Waals surface area contributed by atoms with Gasteiger partial charge in [-0.1, -0.05) is 76.9 Å². The lowest BCUT2D eigenvalue weighted by Crippen LogP contribution is -2.52. The average molecular weight is 630 g/mol. The molecule has 2 aromatic carbocycles. The van der Waals surface area contributed by atoms with E-state index >= 15 is 0 Å². The van der Waals surface area contributed by atoms with Crippen molar-refractivity contribution in [3.63, 3.8) is 0 Å². The van der Waals surface area contributed by atoms with Gasteiger partial charge in [-0.25, -0.2) is 8.42 Å². The highest BCUT2D eigenvalue weighted by Crippen LogP contribution is 2.36. The molecule has 202 valence electrons. The molecule has 0 spiro atoms. The molecule has 1 atom stereocenters. The van der Waals surface area contributed by atoms with Crippen LogP contribution < -0.4 is 9.62 Å². The maximum Gasteiger partial charge on any atom is 0.244 e. The molecule has 1 N–H and O–H groups in total. The van der Waals surface area contributed by atoms with Crippen molar-refractivity contribution >= 4 is 85.5 Å². The minimum absolute atomic E-state index is 0.00746. The topological polar surface area (TPSA) is 86.8 Å². The summed E-state index contributed by atoms with van der Waals surface area (Å²) in [6, 6.07) is 6.48. The Morgan fingerprint density at radius 3 is 2.19 bits per heavy atom. The normalized spacial score (nSPS) is 14.9. The Bertz CT molecular complexity index is 1290. The molecule has 1 fully saturated rings. The molecule has 1 aliphatic rings. The molecule has 0 aliphatic heterocycles. The third-order valence-electron chi connectivity index (χ3n) is 6.16. The van der Waals surface area contributed by atoms with Gasteiger partial charge < -0.3 is 10.2 Å². The molecule has 13 heteroatoms. The van der Waals surface area contributed by atoms with Gasteiger partial charge in [-0.05, 0) is 49.6 Å². The van der Waals surface area contributed by atoms with Crippen molar-refractivity contribution in [1.82, 2.24) is 10.2 Å². The van der Waals surface area contributed by atoms with Crippen LogP contribution in [0.1, 0.15) is 38.2 Å². The van der Waals surface area contributed by atoms with Gasteiger partial charge in [0.25, 0.3) is 0 Å². The molecule has 0 radical (unpaired) electrons. The van der Waals surface area contributed by atoms with Gasteiger partial charge in [-0.15, -0.1) is 0 Å². The summed E-state index contributed by atoms with van der Waals surface area (Å²) >= 11 is 30.7. The number of nitrogens with zero attached hydrogens (tertiary/aromatic N) is 2. The lowest BCUT2D eigenvalue weighted by molar-refractivity contribution is -0.139. The summed E-state index contributed by atoms with van der Waals surface area (Å²) in [5, 5.41) is 3.90. The summed E-state index contributed by atoms with van der Waals surface area (Å²) in [6.07, 6.45) is 4.72. The van der Waals surface area contributed by atoms with E-state index in [2.05, 4.69) is 5.32 Å². The molecule has 0 heterocycles. The maximum atomic E-state index is 13.7. The van der Waals surface area contributed by atoms with Crippen LogP contribution in [0.25, 0.3) is 0 Å². The number of sulfonamides is 1. The highest BCUT2D eigenvalue weighted by molar-refractivity contribution is 7.92. The largest absolute Gasteiger partial charge is 0.352 e. The number of rotatable bonds is 9. The standard InChI is InChI=1S/C24H26Cl5N3O4S/c1-14(24(34)30-17-5-3-4-6-17)31(12-15-7-8-16(25)9-18(15)26)23(33)13-32(37(2,35)36)22-11-20(28)19(27)10-21(22)29/h7-11,14,17H,3-6,12-13H2,1-2H3,(H,30,34)/t14-/m1/s1. The molecule has 2 amide bonds. The first kappa shape index (κ1) is 30.1. The summed E-state index contributed by atoms with van der Waals surface area (Å²) in [7, 11) is -3.99. The van der Waals surface area contributed by atoms with Gasteiger partial charge in [0, 0.05) is 22.6 Å². The van der Waals surface area contributed by atoms with E-state index in [0.29, 0.717) is 15.6 Å². The zero-order chi connectivity index (χ0) is 27.5. The first-order valence-corrected chi connectivity index (χ1v) is 15.2. The van der Waals surface area contributed by atoms with Crippen LogP contribution in [0.4, 0.5) is 5.69 Å². The minimum Gasteiger partial charge on any atom is -0.352 e. The van der Waals surface area contributed by atoms with Gasteiger partial charge in [0.1, 0.15) is 12.6 Å². The van der Waals surface area contributed by atoms with E-state index in [1.807, 2.05) is 0 Å². The Morgan fingerprint density at radius 1 is 0.973 bits per heavy atom. The van der Waals surface area contributed by atoms with Crippen molar-refractivity contribution in [3.05, 3.63) is 61.0 Å². The van der Waals surface area contributed by atoms with Crippen LogP contribution in [0.3, 0.4) is 0 Å². The zero-order valence-electron chi connectivity index (χ0n) is 20.1. The van der Waals surface area contributed by atoms with Gasteiger partial charge in [-0.3, -0.25) is 13.9 Å². The number of benzene rings is 2. The Balaban J connectivity index is 1.95. The Kier molecular flexibility index (Phi) is 10.3. The van der Waals surface area contributed by atoms with Gasteiger partial charge in [-0.2, -0.15) is 0 Å². The summed E-state index contributed by atoms with van der Waals surface area (Å²) in [4.78, 5) is 28.1. The number of carbonyl (C=O) groups excluding carboxylic acids is 2. The molecular weight excluding hydrogens is 604 g/mol. The Morgan fingerprint density at radius 2 is 1.59 bits per heavy atom. The van der Waals surface area contributed by atoms with Crippen molar-refractivity contribution in [2.45, 2.75) is 51.2 Å². The van der Waals surface area contributed by atoms with Crippen molar-refractivity contribution in [2.75, 3.05) is 17.1 Å². The van der Waals surface area contributed by atoms with Crippen molar-refractivity contribution in [3.8, 4) is 0 Å². The van der Waals surface area contributed by atoms with Crippen LogP contribution in [0, 0.1) is 0 Å². The molecule has 0 saturated heterocycles. The first-order chi connectivity index (χ1) is 17.3. The van der Waals surface area contributed by atoms with Crippen molar-refractivity contribution < 1.29 is 18.0 Å². The molecule has 7 nitrogen and oxygen atoms in total.